The van der Waals surface area contributed by atoms with Crippen molar-refractivity contribution >= 4 is 17.2 Å². The molecular formula is C19H27N5OS. The minimum absolute atomic E-state index is 0.00352. The van der Waals surface area contributed by atoms with E-state index in [1.807, 2.05) is 16.6 Å². The molecule has 2 saturated heterocycles. The first kappa shape index (κ1) is 17.7. The summed E-state index contributed by atoms with van der Waals surface area (Å²) in [6.45, 7) is 6.68. The van der Waals surface area contributed by atoms with Gasteiger partial charge in [0.2, 0.25) is 5.91 Å². The van der Waals surface area contributed by atoms with Crippen molar-refractivity contribution in [2.75, 3.05) is 26.2 Å². The molecule has 4 heterocycles. The number of nitrogens with zero attached hydrogens (tertiary/aromatic N) is 5. The van der Waals surface area contributed by atoms with E-state index in [1.165, 1.54) is 0 Å². The molecule has 2 fully saturated rings. The highest BCUT2D eigenvalue weighted by Crippen LogP contribution is 2.28. The Hall–Kier alpha value is -1.73. The Morgan fingerprint density at radius 1 is 1.23 bits per heavy atom. The second kappa shape index (κ2) is 7.88. The predicted molar refractivity (Wildman–Crippen MR) is 102 cm³/mol. The van der Waals surface area contributed by atoms with E-state index in [0.717, 1.165) is 69.9 Å². The molecule has 0 aliphatic carbocycles. The van der Waals surface area contributed by atoms with Crippen LogP contribution in [0.15, 0.2) is 23.3 Å². The molecule has 2 aliphatic rings. The molecule has 0 spiro atoms. The van der Waals surface area contributed by atoms with Gasteiger partial charge in [0, 0.05) is 36.8 Å². The van der Waals surface area contributed by atoms with Gasteiger partial charge in [-0.3, -0.25) is 9.69 Å². The molecular weight excluding hydrogens is 346 g/mol. The Kier molecular flexibility index (Phi) is 5.36. The van der Waals surface area contributed by atoms with Gasteiger partial charge in [0.15, 0.2) is 0 Å². The zero-order valence-corrected chi connectivity index (χ0v) is 16.2. The Labute approximate surface area is 158 Å². The van der Waals surface area contributed by atoms with E-state index in [2.05, 4.69) is 37.9 Å². The Morgan fingerprint density at radius 2 is 2.00 bits per heavy atom. The molecule has 2 aromatic rings. The maximum absolute atomic E-state index is 12.6. The van der Waals surface area contributed by atoms with Crippen LogP contribution in [0.1, 0.15) is 50.0 Å². The van der Waals surface area contributed by atoms with Crippen LogP contribution >= 0.6 is 11.3 Å². The first-order valence-electron chi connectivity index (χ1n) is 9.63. The highest BCUT2D eigenvalue weighted by molar-refractivity contribution is 7.07. The van der Waals surface area contributed by atoms with Gasteiger partial charge in [0.25, 0.3) is 0 Å². The summed E-state index contributed by atoms with van der Waals surface area (Å²) < 4.78 is 2.23. The van der Waals surface area contributed by atoms with E-state index >= 15 is 0 Å². The maximum atomic E-state index is 12.6. The van der Waals surface area contributed by atoms with Crippen molar-refractivity contribution in [3.8, 4) is 0 Å². The van der Waals surface area contributed by atoms with Crippen LogP contribution in [0.5, 0.6) is 0 Å². The highest BCUT2D eigenvalue weighted by Gasteiger charge is 2.31. The molecule has 0 unspecified atom stereocenters. The van der Waals surface area contributed by atoms with Crippen LogP contribution in [-0.2, 0) is 11.3 Å². The monoisotopic (exact) mass is 373 g/mol. The Balaban J connectivity index is 1.35. The zero-order chi connectivity index (χ0) is 17.9. The molecule has 6 nitrogen and oxygen atoms in total. The second-order valence-corrected chi connectivity index (χ2v) is 8.13. The summed E-state index contributed by atoms with van der Waals surface area (Å²) in [6, 6.07) is 0.00352. The number of imidazole rings is 1. The summed E-state index contributed by atoms with van der Waals surface area (Å²) in [5.74, 6) is 1.94. The van der Waals surface area contributed by atoms with Crippen LogP contribution in [0.4, 0.5) is 0 Å². The molecule has 7 heteroatoms. The number of amides is 1. The molecule has 1 atom stereocenters. The molecule has 0 saturated carbocycles. The average Bonchev–Trinajstić information content (AvgIpc) is 3.43. The van der Waals surface area contributed by atoms with Gasteiger partial charge in [0.05, 0.1) is 23.8 Å². The van der Waals surface area contributed by atoms with Crippen molar-refractivity contribution in [2.45, 2.75) is 51.1 Å². The van der Waals surface area contributed by atoms with Gasteiger partial charge < -0.3 is 9.47 Å². The first-order valence-corrected chi connectivity index (χ1v) is 10.6. The SMILES string of the molecule is C[C@H](C(=O)N1CCCC1)N1CCC(c2nccn2Cc2cscn2)CC1. The minimum atomic E-state index is 0.00352. The number of likely N-dealkylation sites (tertiary alicyclic amines) is 2. The van der Waals surface area contributed by atoms with Crippen LogP contribution < -0.4 is 0 Å². The van der Waals surface area contributed by atoms with E-state index in [1.54, 1.807) is 11.3 Å². The van der Waals surface area contributed by atoms with Crippen molar-refractivity contribution in [3.63, 3.8) is 0 Å². The van der Waals surface area contributed by atoms with Crippen molar-refractivity contribution < 1.29 is 4.79 Å². The lowest BCUT2D eigenvalue weighted by atomic mass is 9.94. The summed E-state index contributed by atoms with van der Waals surface area (Å²) in [6.07, 6.45) is 8.38. The van der Waals surface area contributed by atoms with Crippen LogP contribution in [0.25, 0.3) is 0 Å². The van der Waals surface area contributed by atoms with Gasteiger partial charge in [-0.25, -0.2) is 9.97 Å². The van der Waals surface area contributed by atoms with E-state index in [9.17, 15) is 4.79 Å². The molecule has 0 aromatic carbocycles. The van der Waals surface area contributed by atoms with Crippen LogP contribution in [0, 0.1) is 0 Å². The van der Waals surface area contributed by atoms with E-state index in [0.29, 0.717) is 11.8 Å². The fourth-order valence-corrected chi connectivity index (χ4v) is 4.76. The van der Waals surface area contributed by atoms with Crippen molar-refractivity contribution in [2.24, 2.45) is 0 Å². The largest absolute Gasteiger partial charge is 0.341 e. The minimum Gasteiger partial charge on any atom is -0.341 e. The quantitative estimate of drug-likeness (QED) is 0.808. The van der Waals surface area contributed by atoms with E-state index < -0.39 is 0 Å². The van der Waals surface area contributed by atoms with Gasteiger partial charge in [-0.2, -0.15) is 0 Å². The predicted octanol–water partition coefficient (Wildman–Crippen LogP) is 2.58. The van der Waals surface area contributed by atoms with Gasteiger partial charge in [-0.15, -0.1) is 11.3 Å². The topological polar surface area (TPSA) is 54.3 Å². The number of rotatable bonds is 5. The standard InChI is InChI=1S/C19H27N5OS/c1-15(19(25)23-7-2-3-8-23)22-9-4-16(5-10-22)18-20-6-11-24(18)12-17-13-26-14-21-17/h6,11,13-16H,2-5,7-10,12H2,1H3/t15-/m1/s1. The second-order valence-electron chi connectivity index (χ2n) is 7.41. The average molecular weight is 374 g/mol. The molecule has 1 amide bonds. The number of aromatic nitrogens is 3. The van der Waals surface area contributed by atoms with E-state index in [4.69, 9.17) is 0 Å². The molecule has 26 heavy (non-hydrogen) atoms. The van der Waals surface area contributed by atoms with Crippen LogP contribution in [0.3, 0.4) is 0 Å². The lowest BCUT2D eigenvalue weighted by Gasteiger charge is -2.36. The lowest BCUT2D eigenvalue weighted by molar-refractivity contribution is -0.135. The lowest BCUT2D eigenvalue weighted by Crippen LogP contribution is -2.48. The van der Waals surface area contributed by atoms with Crippen LogP contribution in [0.2, 0.25) is 0 Å². The third-order valence-corrected chi connectivity index (χ3v) is 6.42. The van der Waals surface area contributed by atoms with E-state index in [-0.39, 0.29) is 6.04 Å². The normalized spacial score (nSPS) is 20.6. The fourth-order valence-electron chi connectivity index (χ4n) is 4.21. The summed E-state index contributed by atoms with van der Waals surface area (Å²) in [5, 5.41) is 2.10. The molecule has 2 aliphatic heterocycles. The molecule has 140 valence electrons. The fraction of sp³-hybridized carbons (Fsp3) is 0.632. The molecule has 0 radical (unpaired) electrons. The summed E-state index contributed by atoms with van der Waals surface area (Å²) in [5.41, 5.74) is 2.97. The number of hydrogen-bond acceptors (Lipinski definition) is 5. The maximum Gasteiger partial charge on any atom is 0.239 e. The molecule has 2 aromatic heterocycles. The van der Waals surface area contributed by atoms with Gasteiger partial charge in [-0.1, -0.05) is 0 Å². The smallest absolute Gasteiger partial charge is 0.239 e. The van der Waals surface area contributed by atoms with Gasteiger partial charge in [-0.05, 0) is 45.7 Å². The number of carbonyl (C=O) groups is 1. The first-order chi connectivity index (χ1) is 12.7. The Bertz CT molecular complexity index is 714. The van der Waals surface area contributed by atoms with Crippen molar-refractivity contribution in [1.82, 2.24) is 24.3 Å². The molecule has 0 bridgehead atoms. The van der Waals surface area contributed by atoms with Crippen molar-refractivity contribution in [3.05, 3.63) is 34.8 Å². The van der Waals surface area contributed by atoms with Crippen LogP contribution in [-0.4, -0.2) is 62.5 Å². The highest BCUT2D eigenvalue weighted by atomic mass is 32.1. The van der Waals surface area contributed by atoms with Crippen molar-refractivity contribution in [1.29, 1.82) is 0 Å². The zero-order valence-electron chi connectivity index (χ0n) is 15.4. The van der Waals surface area contributed by atoms with Gasteiger partial charge >= 0.3 is 0 Å². The third-order valence-electron chi connectivity index (χ3n) is 5.78. The summed E-state index contributed by atoms with van der Waals surface area (Å²) in [4.78, 5) is 26.1. The summed E-state index contributed by atoms with van der Waals surface area (Å²) >= 11 is 1.63. The third kappa shape index (κ3) is 3.69. The molecule has 0 N–H and O–H groups in total. The number of piperidine rings is 1. The van der Waals surface area contributed by atoms with Gasteiger partial charge in [0.1, 0.15) is 5.82 Å². The number of carbonyl (C=O) groups excluding carboxylic acids is 1. The Morgan fingerprint density at radius 3 is 2.69 bits per heavy atom. The summed E-state index contributed by atoms with van der Waals surface area (Å²) in [7, 11) is 0. The molecule has 4 rings (SSSR count). The number of thiazole rings is 1. The number of hydrogen-bond donors (Lipinski definition) is 0.